The lowest BCUT2D eigenvalue weighted by atomic mass is 10.8. The molecule has 0 aliphatic carbocycles. The lowest BCUT2D eigenvalue weighted by Crippen LogP contribution is -2.03. The van der Waals surface area contributed by atoms with Gasteiger partial charge < -0.3 is 0 Å². The van der Waals surface area contributed by atoms with E-state index in [9.17, 15) is 0 Å². The number of nitrogens with zero attached hydrogens (tertiary/aromatic N) is 2. The Kier molecular flexibility index (Phi) is 3.55. The number of allylic oxidation sites excluding steroid dienone is 1. The number of diazo groups is 1. The van der Waals surface area contributed by atoms with Crippen molar-refractivity contribution in [3.8, 4) is 0 Å². The lowest BCUT2D eigenvalue weighted by Gasteiger charge is -1.71. The molecule has 0 amide bonds. The fourth-order valence-corrected chi connectivity index (χ4v) is 1.87. The van der Waals surface area contributed by atoms with Crippen molar-refractivity contribution in [3.05, 3.63) is 17.3 Å². The number of hydrogen-bond acceptors (Lipinski definition) is 1. The molecule has 0 rings (SSSR count). The van der Waals surface area contributed by atoms with E-state index >= 15 is 0 Å². The number of hydrogen-bond donors (Lipinski definition) is 0. The molecule has 0 radical (unpaired) electrons. The van der Waals surface area contributed by atoms with Crippen LogP contribution in [0.15, 0.2) is 12.7 Å². The summed E-state index contributed by atoms with van der Waals surface area (Å²) >= 11 is 0. The van der Waals surface area contributed by atoms with Crippen LogP contribution in [0, 0.1) is 5.39 Å². The average Bonchev–Trinajstić information content (AvgIpc) is 1.68. The topological polar surface area (TPSA) is 28.1 Å². The second-order valence-corrected chi connectivity index (χ2v) is 7.89. The van der Waals surface area contributed by atoms with Gasteiger partial charge in [-0.2, -0.15) is 0 Å². The fraction of sp³-hybridized carbons (Fsp3) is 0.333. The predicted octanol–water partition coefficient (Wildman–Crippen LogP) is -0.389. The Hall–Kier alpha value is -0.406. The van der Waals surface area contributed by atoms with Gasteiger partial charge in [-0.1, -0.05) is 6.08 Å². The van der Waals surface area contributed by atoms with E-state index in [1.165, 1.54) is 0 Å². The molecule has 0 aromatic carbocycles. The zero-order chi connectivity index (χ0) is 5.70. The quantitative estimate of drug-likeness (QED) is 0.283. The van der Waals surface area contributed by atoms with E-state index in [0.717, 1.165) is 15.8 Å². The zero-order valence-electron chi connectivity index (χ0n) is 4.46. The van der Waals surface area contributed by atoms with Crippen LogP contribution in [0.5, 0.6) is 0 Å². The predicted molar refractivity (Wildman–Crippen MR) is 37.2 cm³/mol. The van der Waals surface area contributed by atoms with Crippen LogP contribution >= 0.6 is 0 Å². The smallest absolute Gasteiger partial charge is 0.103 e. The summed E-state index contributed by atoms with van der Waals surface area (Å²) in [5.41, 5.74) is 0. The molecule has 0 saturated heterocycles. The van der Waals surface area contributed by atoms with E-state index in [-0.39, 0.29) is 0 Å². The molecule has 0 aromatic heterocycles. The van der Waals surface area contributed by atoms with E-state index in [2.05, 4.69) is 11.2 Å². The Morgan fingerprint density at radius 3 is 2.71 bits per heavy atom. The molecular weight excluding hydrogens is 120 g/mol. The molecular formula is C3H9N2Si2+. The summed E-state index contributed by atoms with van der Waals surface area (Å²) in [6.07, 6.45) is 1.82. The first-order valence-electron chi connectivity index (χ1n) is 2.26. The summed E-state index contributed by atoms with van der Waals surface area (Å²) in [6, 6.07) is 0.947. The highest BCUT2D eigenvalue weighted by molar-refractivity contribution is 7.05. The summed E-state index contributed by atoms with van der Waals surface area (Å²) in [5, 5.41) is 8.14. The van der Waals surface area contributed by atoms with Gasteiger partial charge in [-0.05, 0) is 4.64 Å². The van der Waals surface area contributed by atoms with Gasteiger partial charge in [-0.15, -0.1) is 6.58 Å². The van der Waals surface area contributed by atoms with Gasteiger partial charge in [0, 0.05) is 6.04 Å². The van der Waals surface area contributed by atoms with Crippen molar-refractivity contribution in [2.24, 2.45) is 0 Å². The zero-order valence-corrected chi connectivity index (χ0v) is 7.62. The first-order valence-corrected chi connectivity index (χ1v) is 8.21. The molecule has 0 spiro atoms. The Morgan fingerprint density at radius 2 is 2.57 bits per heavy atom. The van der Waals surface area contributed by atoms with Gasteiger partial charge in [0.2, 0.25) is 0 Å². The molecule has 4 heteroatoms. The molecule has 1 atom stereocenters. The van der Waals surface area contributed by atoms with E-state index in [0.29, 0.717) is 0 Å². The van der Waals surface area contributed by atoms with Crippen LogP contribution in [0.2, 0.25) is 6.04 Å². The van der Waals surface area contributed by atoms with Crippen LogP contribution in [0.4, 0.5) is 0 Å². The average molecular weight is 129 g/mol. The summed E-state index contributed by atoms with van der Waals surface area (Å²) in [5.74, 6) is 0. The van der Waals surface area contributed by atoms with E-state index in [1.807, 2.05) is 6.08 Å². The van der Waals surface area contributed by atoms with Crippen LogP contribution in [-0.4, -0.2) is 18.2 Å². The Balaban J connectivity index is 3.21. The normalized spacial score (nSPS) is 12.4. The summed E-state index contributed by atoms with van der Waals surface area (Å²) < 4.78 is 3.21. The van der Waals surface area contributed by atoms with Gasteiger partial charge in [0.05, 0.1) is 0 Å². The molecule has 0 saturated carbocycles. The maximum atomic E-state index is 8.14. The van der Waals surface area contributed by atoms with Crippen LogP contribution < -0.4 is 0 Å². The Morgan fingerprint density at radius 1 is 2.00 bits per heavy atom. The molecule has 0 aromatic rings. The van der Waals surface area contributed by atoms with Gasteiger partial charge in [0.15, 0.2) is 5.39 Å². The molecule has 38 valence electrons. The van der Waals surface area contributed by atoms with Crippen molar-refractivity contribution in [1.29, 1.82) is 5.39 Å². The monoisotopic (exact) mass is 129 g/mol. The van der Waals surface area contributed by atoms with E-state index < -0.39 is 8.48 Å². The van der Waals surface area contributed by atoms with E-state index in [1.54, 1.807) is 0 Å². The third kappa shape index (κ3) is 3.42. The third-order valence-corrected chi connectivity index (χ3v) is 4.22. The Bertz CT molecular complexity index is 95.6. The highest BCUT2D eigenvalue weighted by Gasteiger charge is 2.14. The molecule has 0 heterocycles. The van der Waals surface area contributed by atoms with Crippen molar-refractivity contribution in [2.45, 2.75) is 6.04 Å². The molecule has 1 unspecified atom stereocenters. The van der Waals surface area contributed by atoms with Crippen molar-refractivity contribution in [1.82, 2.24) is 0 Å². The lowest BCUT2D eigenvalue weighted by molar-refractivity contribution is 1.50. The third-order valence-electron chi connectivity index (χ3n) is 0.705. The summed E-state index contributed by atoms with van der Waals surface area (Å²) in [4.78, 5) is 0. The second kappa shape index (κ2) is 3.77. The molecule has 0 aliphatic heterocycles. The fourth-order valence-electron chi connectivity index (χ4n) is 0.288. The van der Waals surface area contributed by atoms with Crippen molar-refractivity contribution in [3.63, 3.8) is 0 Å². The number of rotatable bonds is 2. The molecule has 0 aliphatic rings. The molecule has 0 bridgehead atoms. The van der Waals surface area contributed by atoms with E-state index in [4.69, 9.17) is 5.39 Å². The molecule has 7 heavy (non-hydrogen) atoms. The standard InChI is InChI=1S/C3H9N2Si2/c1-2-3-7(6)5-4/h2,7H,1,3H2,6H3/q+1. The van der Waals surface area contributed by atoms with Crippen molar-refractivity contribution >= 4 is 18.2 Å². The molecule has 0 fully saturated rings. The minimum Gasteiger partial charge on any atom is -0.103 e. The minimum absolute atomic E-state index is 0.947. The highest BCUT2D eigenvalue weighted by Crippen LogP contribution is 1.86. The first-order chi connectivity index (χ1) is 3.31. The first kappa shape index (κ1) is 6.59. The maximum absolute atomic E-state index is 8.14. The van der Waals surface area contributed by atoms with Gasteiger partial charge >= 0.3 is 8.48 Å². The van der Waals surface area contributed by atoms with Crippen molar-refractivity contribution in [2.75, 3.05) is 0 Å². The Labute approximate surface area is 47.8 Å². The van der Waals surface area contributed by atoms with Crippen LogP contribution in [0.3, 0.4) is 0 Å². The molecule has 2 nitrogen and oxygen atoms in total. The SMILES string of the molecule is C=CC[SiH]([SiH3])[N+]#N. The van der Waals surface area contributed by atoms with Crippen LogP contribution in [0.25, 0.3) is 4.64 Å². The van der Waals surface area contributed by atoms with Crippen molar-refractivity contribution < 1.29 is 0 Å². The van der Waals surface area contributed by atoms with Gasteiger partial charge in [-0.3, -0.25) is 0 Å². The summed E-state index contributed by atoms with van der Waals surface area (Å²) in [7, 11) is 0.0705. The van der Waals surface area contributed by atoms with Crippen LogP contribution in [0.1, 0.15) is 0 Å². The second-order valence-electron chi connectivity index (χ2n) is 1.49. The largest absolute Gasteiger partial charge is 0.517 e. The molecule has 0 N–H and O–H groups in total. The minimum atomic E-state index is -0.980. The highest BCUT2D eigenvalue weighted by atomic mass is 29.2. The maximum Gasteiger partial charge on any atom is 0.517 e. The van der Waals surface area contributed by atoms with Gasteiger partial charge in [-0.25, -0.2) is 0 Å². The van der Waals surface area contributed by atoms with Crippen LogP contribution in [-0.2, 0) is 0 Å². The summed E-state index contributed by atoms with van der Waals surface area (Å²) in [6.45, 7) is 3.53. The van der Waals surface area contributed by atoms with Gasteiger partial charge in [0.1, 0.15) is 9.76 Å². The van der Waals surface area contributed by atoms with Gasteiger partial charge in [0.25, 0.3) is 0 Å².